The second-order valence-corrected chi connectivity index (χ2v) is 3.74. The van der Waals surface area contributed by atoms with Crippen LogP contribution in [0.2, 0.25) is 0 Å². The normalized spacial score (nSPS) is 17.5. The molecule has 5 nitrogen and oxygen atoms in total. The van der Waals surface area contributed by atoms with E-state index in [4.69, 9.17) is 4.74 Å². The lowest BCUT2D eigenvalue weighted by Crippen LogP contribution is -2.47. The van der Waals surface area contributed by atoms with Gasteiger partial charge in [0.15, 0.2) is 0 Å². The zero-order chi connectivity index (χ0) is 11.2. The summed E-state index contributed by atoms with van der Waals surface area (Å²) in [6.07, 6.45) is 1.81. The van der Waals surface area contributed by atoms with Crippen LogP contribution in [0, 0.1) is 0 Å². The third-order valence-electron chi connectivity index (χ3n) is 2.60. The smallest absolute Gasteiger partial charge is 0.250 e. The van der Waals surface area contributed by atoms with Crippen LogP contribution >= 0.6 is 0 Å². The Morgan fingerprint density at radius 2 is 2.12 bits per heavy atom. The predicted octanol–water partition coefficient (Wildman–Crippen LogP) is -0.315. The standard InChI is InChI=1S/C11H17N3O2/c15-11-3-1-2-5-13(11)6-4-12-14-7-9-16-10-8-14/h1-3,5,12H,4,6-10H2. The summed E-state index contributed by atoms with van der Waals surface area (Å²) in [4.78, 5) is 11.4. The summed E-state index contributed by atoms with van der Waals surface area (Å²) in [6, 6.07) is 5.21. The SMILES string of the molecule is O=c1ccccn1CCNN1CCOCC1. The molecule has 2 rings (SSSR count). The molecule has 1 N–H and O–H groups in total. The molecule has 0 saturated carbocycles. The molecule has 0 atom stereocenters. The van der Waals surface area contributed by atoms with Crippen LogP contribution in [0.5, 0.6) is 0 Å². The van der Waals surface area contributed by atoms with Crippen LogP contribution in [0.3, 0.4) is 0 Å². The third-order valence-corrected chi connectivity index (χ3v) is 2.60. The number of nitrogens with one attached hydrogen (secondary N) is 1. The van der Waals surface area contributed by atoms with Gasteiger partial charge in [0.05, 0.1) is 13.2 Å². The average Bonchev–Trinajstić information content (AvgIpc) is 2.33. The monoisotopic (exact) mass is 223 g/mol. The Morgan fingerprint density at radius 1 is 1.31 bits per heavy atom. The zero-order valence-electron chi connectivity index (χ0n) is 9.26. The highest BCUT2D eigenvalue weighted by atomic mass is 16.5. The minimum atomic E-state index is 0.0475. The van der Waals surface area contributed by atoms with Crippen molar-refractivity contribution in [2.75, 3.05) is 32.8 Å². The van der Waals surface area contributed by atoms with E-state index in [2.05, 4.69) is 10.4 Å². The lowest BCUT2D eigenvalue weighted by Gasteiger charge is -2.27. The number of morpholine rings is 1. The van der Waals surface area contributed by atoms with Gasteiger partial charge in [-0.1, -0.05) is 6.07 Å². The summed E-state index contributed by atoms with van der Waals surface area (Å²) in [5, 5.41) is 2.14. The number of hydrogen-bond donors (Lipinski definition) is 1. The summed E-state index contributed by atoms with van der Waals surface area (Å²) in [5.74, 6) is 0. The van der Waals surface area contributed by atoms with Crippen molar-refractivity contribution >= 4 is 0 Å². The maximum Gasteiger partial charge on any atom is 0.250 e. The van der Waals surface area contributed by atoms with Gasteiger partial charge in [0.2, 0.25) is 0 Å². The van der Waals surface area contributed by atoms with Crippen molar-refractivity contribution in [2.45, 2.75) is 6.54 Å². The van der Waals surface area contributed by atoms with Crippen molar-refractivity contribution in [1.29, 1.82) is 0 Å². The zero-order valence-corrected chi connectivity index (χ0v) is 9.26. The largest absolute Gasteiger partial charge is 0.379 e. The van der Waals surface area contributed by atoms with E-state index >= 15 is 0 Å². The molecule has 1 aliphatic heterocycles. The van der Waals surface area contributed by atoms with Crippen LogP contribution < -0.4 is 11.0 Å². The van der Waals surface area contributed by atoms with E-state index < -0.39 is 0 Å². The van der Waals surface area contributed by atoms with E-state index in [-0.39, 0.29) is 5.56 Å². The van der Waals surface area contributed by atoms with E-state index in [1.807, 2.05) is 12.3 Å². The van der Waals surface area contributed by atoms with Crippen LogP contribution in [-0.4, -0.2) is 42.4 Å². The van der Waals surface area contributed by atoms with Gasteiger partial charge < -0.3 is 9.30 Å². The Hall–Kier alpha value is -1.17. The van der Waals surface area contributed by atoms with Crippen LogP contribution in [0.1, 0.15) is 0 Å². The van der Waals surface area contributed by atoms with Gasteiger partial charge in [-0.15, -0.1) is 0 Å². The van der Waals surface area contributed by atoms with Crippen molar-refractivity contribution < 1.29 is 4.74 Å². The Balaban J connectivity index is 1.75. The van der Waals surface area contributed by atoms with Crippen molar-refractivity contribution in [2.24, 2.45) is 0 Å². The maximum atomic E-state index is 11.4. The van der Waals surface area contributed by atoms with Crippen molar-refractivity contribution in [3.8, 4) is 0 Å². The van der Waals surface area contributed by atoms with Gasteiger partial charge in [-0.25, -0.2) is 5.01 Å². The molecule has 0 spiro atoms. The van der Waals surface area contributed by atoms with Gasteiger partial charge in [-0.3, -0.25) is 10.2 Å². The number of hydrazine groups is 1. The molecule has 0 aliphatic carbocycles. The van der Waals surface area contributed by atoms with Crippen molar-refractivity contribution in [3.05, 3.63) is 34.7 Å². The average molecular weight is 223 g/mol. The minimum absolute atomic E-state index is 0.0475. The molecule has 1 aliphatic rings. The highest BCUT2D eigenvalue weighted by Crippen LogP contribution is 1.91. The van der Waals surface area contributed by atoms with Gasteiger partial charge in [-0.05, 0) is 6.07 Å². The van der Waals surface area contributed by atoms with Crippen LogP contribution in [0.25, 0.3) is 0 Å². The molecule has 1 saturated heterocycles. The predicted molar refractivity (Wildman–Crippen MR) is 61.1 cm³/mol. The lowest BCUT2D eigenvalue weighted by molar-refractivity contribution is 0.0115. The summed E-state index contributed by atoms with van der Waals surface area (Å²) < 4.78 is 6.95. The molecule has 1 aromatic heterocycles. The molecular formula is C11H17N3O2. The first-order valence-electron chi connectivity index (χ1n) is 5.58. The topological polar surface area (TPSA) is 46.5 Å². The third kappa shape index (κ3) is 3.16. The van der Waals surface area contributed by atoms with Crippen LogP contribution in [-0.2, 0) is 11.3 Å². The van der Waals surface area contributed by atoms with Gasteiger partial charge >= 0.3 is 0 Å². The molecule has 0 bridgehead atoms. The van der Waals surface area contributed by atoms with Crippen LogP contribution in [0.15, 0.2) is 29.2 Å². The molecule has 0 radical (unpaired) electrons. The van der Waals surface area contributed by atoms with Crippen LogP contribution in [0.4, 0.5) is 0 Å². The van der Waals surface area contributed by atoms with E-state index in [1.165, 1.54) is 0 Å². The number of pyridine rings is 1. The second kappa shape index (κ2) is 5.79. The Kier molecular flexibility index (Phi) is 4.10. The maximum absolute atomic E-state index is 11.4. The number of aromatic nitrogens is 1. The number of ether oxygens (including phenoxy) is 1. The lowest BCUT2D eigenvalue weighted by atomic mass is 10.4. The van der Waals surface area contributed by atoms with Crippen molar-refractivity contribution in [1.82, 2.24) is 15.0 Å². The van der Waals surface area contributed by atoms with E-state index in [0.717, 1.165) is 32.8 Å². The molecular weight excluding hydrogens is 206 g/mol. The van der Waals surface area contributed by atoms with Crippen molar-refractivity contribution in [3.63, 3.8) is 0 Å². The Labute approximate surface area is 94.6 Å². The van der Waals surface area contributed by atoms with E-state index in [9.17, 15) is 4.79 Å². The fourth-order valence-electron chi connectivity index (χ4n) is 1.70. The summed E-state index contributed by atoms with van der Waals surface area (Å²) >= 11 is 0. The van der Waals surface area contributed by atoms with Gasteiger partial charge in [0.25, 0.3) is 5.56 Å². The summed E-state index contributed by atoms with van der Waals surface area (Å²) in [7, 11) is 0. The molecule has 0 amide bonds. The van der Waals surface area contributed by atoms with E-state index in [1.54, 1.807) is 16.7 Å². The Bertz CT molecular complexity index is 371. The van der Waals surface area contributed by atoms with Gasteiger partial charge in [-0.2, -0.15) is 0 Å². The second-order valence-electron chi connectivity index (χ2n) is 3.74. The summed E-state index contributed by atoms with van der Waals surface area (Å²) in [5.41, 5.74) is 3.34. The fourth-order valence-corrected chi connectivity index (χ4v) is 1.70. The number of hydrogen-bond acceptors (Lipinski definition) is 4. The molecule has 88 valence electrons. The molecule has 0 unspecified atom stereocenters. The molecule has 1 aromatic rings. The molecule has 1 fully saturated rings. The van der Waals surface area contributed by atoms with Gasteiger partial charge in [0.1, 0.15) is 0 Å². The minimum Gasteiger partial charge on any atom is -0.379 e. The highest BCUT2D eigenvalue weighted by molar-refractivity contribution is 4.93. The summed E-state index contributed by atoms with van der Waals surface area (Å²) in [6.45, 7) is 4.82. The number of rotatable bonds is 4. The highest BCUT2D eigenvalue weighted by Gasteiger charge is 2.08. The Morgan fingerprint density at radius 3 is 2.88 bits per heavy atom. The molecule has 2 heterocycles. The first kappa shape index (κ1) is 11.3. The molecule has 0 aromatic carbocycles. The quantitative estimate of drug-likeness (QED) is 0.760. The van der Waals surface area contributed by atoms with Gasteiger partial charge in [0, 0.05) is 38.4 Å². The fraction of sp³-hybridized carbons (Fsp3) is 0.545. The first-order valence-corrected chi connectivity index (χ1v) is 5.58. The molecule has 5 heteroatoms. The molecule has 16 heavy (non-hydrogen) atoms. The number of nitrogens with zero attached hydrogens (tertiary/aromatic N) is 2. The first-order chi connectivity index (χ1) is 7.86. The van der Waals surface area contributed by atoms with E-state index in [0.29, 0.717) is 6.54 Å².